The largest absolute Gasteiger partial charge is 0.479 e. The number of carboxylic acids is 2. The highest BCUT2D eigenvalue weighted by Crippen LogP contribution is 2.31. The van der Waals surface area contributed by atoms with Crippen LogP contribution in [0.2, 0.25) is 0 Å². The van der Waals surface area contributed by atoms with Crippen molar-refractivity contribution in [3.8, 4) is 0 Å². The second-order valence-electron chi connectivity index (χ2n) is 3.18. The minimum absolute atomic E-state index is 0.273. The first-order chi connectivity index (χ1) is 5.80. The van der Waals surface area contributed by atoms with Crippen molar-refractivity contribution in [1.82, 2.24) is 0 Å². The van der Waals surface area contributed by atoms with Gasteiger partial charge in [0.05, 0.1) is 6.61 Å². The van der Waals surface area contributed by atoms with Gasteiger partial charge in [-0.25, -0.2) is 9.59 Å². The van der Waals surface area contributed by atoms with E-state index in [0.29, 0.717) is 0 Å². The summed E-state index contributed by atoms with van der Waals surface area (Å²) >= 11 is 0. The Morgan fingerprint density at radius 3 is 2.00 bits per heavy atom. The molecule has 6 heteroatoms. The fourth-order valence-corrected chi connectivity index (χ4v) is 0.975. The molecule has 1 rings (SSSR count). The van der Waals surface area contributed by atoms with Crippen molar-refractivity contribution in [2.45, 2.75) is 25.2 Å². The Balaban J connectivity index is 2.85. The van der Waals surface area contributed by atoms with Crippen LogP contribution >= 0.6 is 0 Å². The zero-order valence-electron chi connectivity index (χ0n) is 7.23. The van der Waals surface area contributed by atoms with Crippen molar-refractivity contribution in [2.75, 3.05) is 6.61 Å². The first-order valence-corrected chi connectivity index (χ1v) is 3.61. The van der Waals surface area contributed by atoms with E-state index in [9.17, 15) is 9.59 Å². The van der Waals surface area contributed by atoms with Gasteiger partial charge in [0, 0.05) is 6.92 Å². The van der Waals surface area contributed by atoms with Crippen LogP contribution in [0.3, 0.4) is 0 Å². The van der Waals surface area contributed by atoms with Gasteiger partial charge in [-0.1, -0.05) is 0 Å². The Morgan fingerprint density at radius 2 is 1.77 bits per heavy atom. The van der Waals surface area contributed by atoms with E-state index in [1.165, 1.54) is 13.8 Å². The lowest BCUT2D eigenvalue weighted by Gasteiger charge is -2.20. The molecule has 0 bridgehead atoms. The summed E-state index contributed by atoms with van der Waals surface area (Å²) in [6, 6.07) is 0. The molecule has 0 aliphatic carbocycles. The smallest absolute Gasteiger partial charge is 0.364 e. The van der Waals surface area contributed by atoms with Gasteiger partial charge in [0.2, 0.25) is 0 Å². The predicted molar refractivity (Wildman–Crippen MR) is 39.1 cm³/mol. The fraction of sp³-hybridized carbons (Fsp3) is 0.714. The van der Waals surface area contributed by atoms with Gasteiger partial charge in [-0.15, -0.1) is 0 Å². The molecule has 2 atom stereocenters. The quantitative estimate of drug-likeness (QED) is 0.619. The Hall–Kier alpha value is -1.14. The minimum atomic E-state index is -1.85. The summed E-state index contributed by atoms with van der Waals surface area (Å²) in [7, 11) is 0. The number of hydrogen-bond donors (Lipinski definition) is 2. The van der Waals surface area contributed by atoms with Crippen molar-refractivity contribution < 1.29 is 29.3 Å². The number of hydrogen-bond acceptors (Lipinski definition) is 4. The lowest BCUT2D eigenvalue weighted by molar-refractivity contribution is -0.209. The molecule has 0 saturated carbocycles. The maximum atomic E-state index is 10.6. The summed E-state index contributed by atoms with van der Waals surface area (Å²) in [6.07, 6.45) is 0. The summed E-state index contributed by atoms with van der Waals surface area (Å²) in [5.41, 5.74) is -1.58. The molecule has 1 heterocycles. The highest BCUT2D eigenvalue weighted by molar-refractivity contribution is 5.81. The molecule has 0 amide bonds. The number of carbonyl (C=O) groups is 2. The predicted octanol–water partition coefficient (Wildman–Crippen LogP) is -0.323. The molecule has 0 radical (unpaired) electrons. The van der Waals surface area contributed by atoms with E-state index in [1.807, 2.05) is 0 Å². The monoisotopic (exact) mass is 190 g/mol. The lowest BCUT2D eigenvalue weighted by atomic mass is 10.1. The van der Waals surface area contributed by atoms with Crippen LogP contribution in [0.25, 0.3) is 0 Å². The molecule has 1 fully saturated rings. The van der Waals surface area contributed by atoms with Gasteiger partial charge in [-0.05, 0) is 6.92 Å². The Bertz CT molecular complexity index is 236. The third kappa shape index (κ3) is 1.50. The normalized spacial score (nSPS) is 38.9. The molecule has 1 aliphatic rings. The average molecular weight is 190 g/mol. The van der Waals surface area contributed by atoms with E-state index in [4.69, 9.17) is 19.7 Å². The molecule has 0 spiro atoms. The SMILES string of the molecule is CC1(C(=O)O)COC(C)(C(=O)O)O1. The van der Waals surface area contributed by atoms with Crippen LogP contribution in [0.15, 0.2) is 0 Å². The highest BCUT2D eigenvalue weighted by atomic mass is 16.8. The van der Waals surface area contributed by atoms with Crippen LogP contribution in [0.4, 0.5) is 0 Å². The summed E-state index contributed by atoms with van der Waals surface area (Å²) < 4.78 is 9.61. The van der Waals surface area contributed by atoms with Crippen molar-refractivity contribution >= 4 is 11.9 Å². The fourth-order valence-electron chi connectivity index (χ4n) is 0.975. The summed E-state index contributed by atoms with van der Waals surface area (Å²) in [5.74, 6) is -4.43. The maximum absolute atomic E-state index is 10.6. The van der Waals surface area contributed by atoms with Crippen LogP contribution in [0, 0.1) is 0 Å². The molecule has 0 aromatic rings. The summed E-state index contributed by atoms with van der Waals surface area (Å²) in [6.45, 7) is 2.16. The number of rotatable bonds is 2. The van der Waals surface area contributed by atoms with Crippen LogP contribution in [-0.2, 0) is 19.1 Å². The van der Waals surface area contributed by atoms with Crippen LogP contribution < -0.4 is 0 Å². The van der Waals surface area contributed by atoms with Gasteiger partial charge in [0.15, 0.2) is 5.60 Å². The second-order valence-corrected chi connectivity index (χ2v) is 3.18. The van der Waals surface area contributed by atoms with Crippen molar-refractivity contribution in [1.29, 1.82) is 0 Å². The van der Waals surface area contributed by atoms with Crippen LogP contribution in [0.5, 0.6) is 0 Å². The third-order valence-corrected chi connectivity index (χ3v) is 1.88. The van der Waals surface area contributed by atoms with E-state index < -0.39 is 23.3 Å². The highest BCUT2D eigenvalue weighted by Gasteiger charge is 2.54. The number of ether oxygens (including phenoxy) is 2. The van der Waals surface area contributed by atoms with Gasteiger partial charge in [0.1, 0.15) is 0 Å². The lowest BCUT2D eigenvalue weighted by Crippen LogP contribution is -2.43. The van der Waals surface area contributed by atoms with Crippen molar-refractivity contribution in [3.05, 3.63) is 0 Å². The standard InChI is InChI=1S/C7H10O6/c1-6(4(8)9)3-12-7(2,13-6)5(10)11/h3H2,1-2H3,(H,8,9)(H,10,11). The molecule has 0 aromatic heterocycles. The van der Waals surface area contributed by atoms with Crippen LogP contribution in [0.1, 0.15) is 13.8 Å². The van der Waals surface area contributed by atoms with Crippen molar-refractivity contribution in [3.63, 3.8) is 0 Å². The zero-order chi connectivity index (χ0) is 10.3. The molecule has 1 aliphatic heterocycles. The number of aliphatic carboxylic acids is 2. The molecule has 74 valence electrons. The Morgan fingerprint density at radius 1 is 1.23 bits per heavy atom. The zero-order valence-corrected chi connectivity index (χ0v) is 7.23. The molecule has 2 N–H and O–H groups in total. The summed E-state index contributed by atoms with van der Waals surface area (Å²) in [4.78, 5) is 21.2. The van der Waals surface area contributed by atoms with E-state index in [-0.39, 0.29) is 6.61 Å². The van der Waals surface area contributed by atoms with Crippen LogP contribution in [-0.4, -0.2) is 40.1 Å². The van der Waals surface area contributed by atoms with Crippen molar-refractivity contribution in [2.24, 2.45) is 0 Å². The Labute approximate surface area is 74.1 Å². The maximum Gasteiger partial charge on any atom is 0.364 e. The van der Waals surface area contributed by atoms with Gasteiger partial charge < -0.3 is 19.7 Å². The number of carboxylic acid groups (broad SMARTS) is 2. The summed E-state index contributed by atoms with van der Waals surface area (Å²) in [5, 5.41) is 17.3. The van der Waals surface area contributed by atoms with Gasteiger partial charge in [-0.2, -0.15) is 0 Å². The van der Waals surface area contributed by atoms with E-state index in [2.05, 4.69) is 0 Å². The molecular formula is C7H10O6. The van der Waals surface area contributed by atoms with E-state index in [0.717, 1.165) is 0 Å². The van der Waals surface area contributed by atoms with Gasteiger partial charge in [0.25, 0.3) is 5.79 Å². The van der Waals surface area contributed by atoms with E-state index in [1.54, 1.807) is 0 Å². The van der Waals surface area contributed by atoms with Gasteiger partial charge >= 0.3 is 11.9 Å². The molecule has 0 aromatic carbocycles. The second kappa shape index (κ2) is 2.68. The molecular weight excluding hydrogens is 180 g/mol. The third-order valence-electron chi connectivity index (χ3n) is 1.88. The minimum Gasteiger partial charge on any atom is -0.479 e. The van der Waals surface area contributed by atoms with Gasteiger partial charge in [-0.3, -0.25) is 0 Å². The first kappa shape index (κ1) is 9.94. The average Bonchev–Trinajstić information content (AvgIpc) is 2.30. The first-order valence-electron chi connectivity index (χ1n) is 3.61. The Kier molecular flexibility index (Phi) is 2.05. The molecule has 13 heavy (non-hydrogen) atoms. The van der Waals surface area contributed by atoms with E-state index >= 15 is 0 Å². The molecule has 2 unspecified atom stereocenters. The topological polar surface area (TPSA) is 93.1 Å². The molecule has 6 nitrogen and oxygen atoms in total. The molecule has 1 saturated heterocycles.